The summed E-state index contributed by atoms with van der Waals surface area (Å²) in [7, 11) is 0. The van der Waals surface area contributed by atoms with Crippen molar-refractivity contribution in [1.82, 2.24) is 19.9 Å². The predicted molar refractivity (Wildman–Crippen MR) is 87.1 cm³/mol. The minimum Gasteiger partial charge on any atom is -0.352 e. The molecule has 1 amide bonds. The van der Waals surface area contributed by atoms with Gasteiger partial charge in [-0.15, -0.1) is 0 Å². The Balaban J connectivity index is 1.71. The Hall–Kier alpha value is -2.15. The molecule has 0 saturated heterocycles. The number of fused-ring (bicyclic) bond motifs is 1. The molecule has 1 saturated carbocycles. The van der Waals surface area contributed by atoms with E-state index in [-0.39, 0.29) is 17.5 Å². The van der Waals surface area contributed by atoms with E-state index in [1.54, 1.807) is 4.52 Å². The Morgan fingerprint density at radius 3 is 2.96 bits per heavy atom. The van der Waals surface area contributed by atoms with E-state index in [9.17, 15) is 9.59 Å². The first-order chi connectivity index (χ1) is 11.0. The Kier molecular flexibility index (Phi) is 4.21. The maximum atomic E-state index is 12.2. The fourth-order valence-electron chi connectivity index (χ4n) is 3.43. The van der Waals surface area contributed by atoms with E-state index < -0.39 is 0 Å². The normalized spacial score (nSPS) is 21.0. The number of nitrogens with two attached hydrogens (primary N) is 1. The number of aromatic amines is 1. The molecule has 0 unspecified atom stereocenters. The third kappa shape index (κ3) is 3.14. The molecule has 7 heteroatoms. The lowest BCUT2D eigenvalue weighted by Gasteiger charge is -2.16. The highest BCUT2D eigenvalue weighted by Crippen LogP contribution is 2.26. The van der Waals surface area contributed by atoms with Crippen molar-refractivity contribution in [3.8, 4) is 0 Å². The molecule has 2 atom stereocenters. The number of aryl methyl sites for hydroxylation is 2. The summed E-state index contributed by atoms with van der Waals surface area (Å²) < 4.78 is 1.66. The summed E-state index contributed by atoms with van der Waals surface area (Å²) in [6.07, 6.45) is 3.64. The third-order valence-corrected chi connectivity index (χ3v) is 4.83. The lowest BCUT2D eigenvalue weighted by atomic mass is 10.00. The predicted octanol–water partition coefficient (Wildman–Crippen LogP) is 0.773. The number of H-pyrrole nitrogens is 1. The van der Waals surface area contributed by atoms with Crippen LogP contribution in [0.2, 0.25) is 0 Å². The Morgan fingerprint density at radius 2 is 2.26 bits per heavy atom. The van der Waals surface area contributed by atoms with Crippen LogP contribution in [0.25, 0.3) is 5.65 Å². The number of amides is 1. The van der Waals surface area contributed by atoms with E-state index >= 15 is 0 Å². The molecule has 2 aromatic rings. The summed E-state index contributed by atoms with van der Waals surface area (Å²) in [5.41, 5.74) is 9.06. The second kappa shape index (κ2) is 6.16. The summed E-state index contributed by atoms with van der Waals surface area (Å²) in [5, 5.41) is 5.68. The van der Waals surface area contributed by atoms with Crippen LogP contribution in [0.15, 0.2) is 10.9 Å². The number of carbonyl (C=O) groups is 1. The number of nitrogens with zero attached hydrogens (tertiary/aromatic N) is 2. The van der Waals surface area contributed by atoms with Gasteiger partial charge in [0, 0.05) is 42.0 Å². The molecule has 0 aromatic carbocycles. The molecule has 1 fully saturated rings. The highest BCUT2D eigenvalue weighted by molar-refractivity contribution is 5.76. The van der Waals surface area contributed by atoms with Crippen molar-refractivity contribution in [2.45, 2.75) is 52.1 Å². The molecule has 1 aliphatic rings. The van der Waals surface area contributed by atoms with Gasteiger partial charge < -0.3 is 11.1 Å². The van der Waals surface area contributed by atoms with Crippen LogP contribution in [-0.2, 0) is 11.3 Å². The molecule has 0 spiro atoms. The maximum Gasteiger partial charge on any atom is 0.266 e. The summed E-state index contributed by atoms with van der Waals surface area (Å²) in [6, 6.07) is 1.61. The average Bonchev–Trinajstić information content (AvgIpc) is 3.04. The van der Waals surface area contributed by atoms with Gasteiger partial charge in [-0.1, -0.05) is 6.42 Å². The maximum absolute atomic E-state index is 12.2. The summed E-state index contributed by atoms with van der Waals surface area (Å²) >= 11 is 0. The molecule has 0 aliphatic heterocycles. The highest BCUT2D eigenvalue weighted by Gasteiger charge is 2.26. The zero-order chi connectivity index (χ0) is 16.6. The SMILES string of the molecule is Cc1nc2cc(=O)[nH]n2c(C)c1CNC(=O)C[C@@H]1CCC[C@H]1N. The van der Waals surface area contributed by atoms with Crippen molar-refractivity contribution in [3.63, 3.8) is 0 Å². The summed E-state index contributed by atoms with van der Waals surface area (Å²) in [6.45, 7) is 4.20. The summed E-state index contributed by atoms with van der Waals surface area (Å²) in [5.74, 6) is 0.311. The van der Waals surface area contributed by atoms with E-state index in [2.05, 4.69) is 15.4 Å². The molecule has 23 heavy (non-hydrogen) atoms. The number of nitrogens with one attached hydrogen (secondary N) is 2. The standard InChI is InChI=1S/C16H23N5O2/c1-9-12(10(2)21-14(19-9)7-16(23)20-21)8-18-15(22)6-11-4-3-5-13(11)17/h7,11,13H,3-6,8,17H2,1-2H3,(H,18,22)(H,20,23)/t11-,13+/m0/s1. The van der Waals surface area contributed by atoms with Gasteiger partial charge in [0.1, 0.15) is 0 Å². The number of aromatic nitrogens is 3. The molecule has 124 valence electrons. The molecular formula is C16H23N5O2. The minimum atomic E-state index is -0.184. The largest absolute Gasteiger partial charge is 0.352 e. The number of hydrogen-bond donors (Lipinski definition) is 3. The van der Waals surface area contributed by atoms with E-state index in [1.807, 2.05) is 13.8 Å². The smallest absolute Gasteiger partial charge is 0.266 e. The Labute approximate surface area is 134 Å². The van der Waals surface area contributed by atoms with Crippen LogP contribution in [-0.4, -0.2) is 26.5 Å². The summed E-state index contributed by atoms with van der Waals surface area (Å²) in [4.78, 5) is 28.0. The first-order valence-electron chi connectivity index (χ1n) is 8.06. The van der Waals surface area contributed by atoms with Gasteiger partial charge in [0.2, 0.25) is 5.91 Å². The van der Waals surface area contributed by atoms with Crippen molar-refractivity contribution in [2.24, 2.45) is 11.7 Å². The quantitative estimate of drug-likeness (QED) is 0.774. The zero-order valence-electron chi connectivity index (χ0n) is 13.6. The minimum absolute atomic E-state index is 0.0206. The molecular weight excluding hydrogens is 294 g/mol. The second-order valence-electron chi connectivity index (χ2n) is 6.41. The van der Waals surface area contributed by atoms with Gasteiger partial charge in [0.25, 0.3) is 5.56 Å². The van der Waals surface area contributed by atoms with Gasteiger partial charge in [-0.05, 0) is 32.6 Å². The topological polar surface area (TPSA) is 105 Å². The van der Waals surface area contributed by atoms with Crippen LogP contribution in [0.3, 0.4) is 0 Å². The van der Waals surface area contributed by atoms with Crippen LogP contribution < -0.4 is 16.6 Å². The Bertz CT molecular complexity index is 792. The van der Waals surface area contributed by atoms with E-state index in [1.165, 1.54) is 6.07 Å². The second-order valence-corrected chi connectivity index (χ2v) is 6.41. The Morgan fingerprint density at radius 1 is 1.48 bits per heavy atom. The van der Waals surface area contributed by atoms with Gasteiger partial charge >= 0.3 is 0 Å². The van der Waals surface area contributed by atoms with E-state index in [4.69, 9.17) is 5.73 Å². The fraction of sp³-hybridized carbons (Fsp3) is 0.562. The van der Waals surface area contributed by atoms with E-state index in [0.717, 1.165) is 36.2 Å². The van der Waals surface area contributed by atoms with Gasteiger partial charge in [0.15, 0.2) is 5.65 Å². The van der Waals surface area contributed by atoms with Crippen molar-refractivity contribution in [1.29, 1.82) is 0 Å². The monoisotopic (exact) mass is 317 g/mol. The first-order valence-corrected chi connectivity index (χ1v) is 8.06. The van der Waals surface area contributed by atoms with Crippen molar-refractivity contribution in [2.75, 3.05) is 0 Å². The lowest BCUT2D eigenvalue weighted by Crippen LogP contribution is -2.31. The zero-order valence-corrected chi connectivity index (χ0v) is 13.6. The van der Waals surface area contributed by atoms with Crippen LogP contribution in [0.1, 0.15) is 42.6 Å². The van der Waals surface area contributed by atoms with Crippen molar-refractivity contribution < 1.29 is 4.79 Å². The third-order valence-electron chi connectivity index (χ3n) is 4.83. The van der Waals surface area contributed by atoms with Gasteiger partial charge in [-0.3, -0.25) is 14.7 Å². The molecule has 4 N–H and O–H groups in total. The number of rotatable bonds is 4. The van der Waals surface area contributed by atoms with Gasteiger partial charge in [0.05, 0.1) is 0 Å². The molecule has 1 aliphatic carbocycles. The number of hydrogen-bond acceptors (Lipinski definition) is 4. The molecule has 0 bridgehead atoms. The van der Waals surface area contributed by atoms with Crippen molar-refractivity contribution in [3.05, 3.63) is 33.4 Å². The molecule has 2 heterocycles. The van der Waals surface area contributed by atoms with Crippen LogP contribution in [0, 0.1) is 19.8 Å². The molecule has 3 rings (SSSR count). The van der Waals surface area contributed by atoms with Crippen LogP contribution in [0.5, 0.6) is 0 Å². The molecule has 2 aromatic heterocycles. The fourth-order valence-corrected chi connectivity index (χ4v) is 3.43. The van der Waals surface area contributed by atoms with Crippen LogP contribution in [0.4, 0.5) is 0 Å². The van der Waals surface area contributed by atoms with Gasteiger partial charge in [-0.25, -0.2) is 9.50 Å². The highest BCUT2D eigenvalue weighted by atomic mass is 16.1. The molecule has 7 nitrogen and oxygen atoms in total. The van der Waals surface area contributed by atoms with Crippen LogP contribution >= 0.6 is 0 Å². The average molecular weight is 317 g/mol. The lowest BCUT2D eigenvalue weighted by molar-refractivity contribution is -0.122. The first kappa shape index (κ1) is 15.7. The molecule has 0 radical (unpaired) electrons. The van der Waals surface area contributed by atoms with Gasteiger partial charge in [-0.2, -0.15) is 0 Å². The van der Waals surface area contributed by atoms with E-state index in [0.29, 0.717) is 24.5 Å². The van der Waals surface area contributed by atoms with Crippen molar-refractivity contribution >= 4 is 11.6 Å². The number of carbonyl (C=O) groups excluding carboxylic acids is 1.